The molecule has 3 N–H and O–H groups in total. The first-order valence-electron chi connectivity index (χ1n) is 10.1. The summed E-state index contributed by atoms with van der Waals surface area (Å²) in [5.74, 6) is -0.0478. The van der Waals surface area contributed by atoms with Gasteiger partial charge < -0.3 is 16.0 Å². The highest BCUT2D eigenvalue weighted by atomic mass is 16.2. The Hall–Kier alpha value is -2.66. The van der Waals surface area contributed by atoms with Crippen LogP contribution in [0, 0.1) is 5.92 Å². The summed E-state index contributed by atoms with van der Waals surface area (Å²) in [5, 5.41) is 3.09. The van der Waals surface area contributed by atoms with Crippen LogP contribution < -0.4 is 11.1 Å². The number of hydrogen-bond donors (Lipinski definition) is 2. The summed E-state index contributed by atoms with van der Waals surface area (Å²) < 4.78 is 0. The molecule has 1 aliphatic rings. The molecule has 0 aromatic heterocycles. The number of rotatable bonds is 7. The Morgan fingerprint density at radius 3 is 2.79 bits per heavy atom. The van der Waals surface area contributed by atoms with Crippen molar-refractivity contribution in [3.05, 3.63) is 59.7 Å². The molecule has 1 fully saturated rings. The number of primary amides is 1. The second kappa shape index (κ2) is 9.51. The van der Waals surface area contributed by atoms with Crippen molar-refractivity contribution in [2.24, 2.45) is 11.7 Å². The van der Waals surface area contributed by atoms with E-state index in [9.17, 15) is 9.59 Å². The molecule has 1 saturated heterocycles. The van der Waals surface area contributed by atoms with Gasteiger partial charge in [0.25, 0.3) is 5.91 Å². The fourth-order valence-electron chi connectivity index (χ4n) is 3.95. The van der Waals surface area contributed by atoms with Gasteiger partial charge in [-0.2, -0.15) is 0 Å². The minimum absolute atomic E-state index is 0.0778. The second-order valence-corrected chi connectivity index (χ2v) is 7.51. The summed E-state index contributed by atoms with van der Waals surface area (Å²) in [4.78, 5) is 26.9. The average Bonchev–Trinajstić information content (AvgIpc) is 2.72. The molecule has 0 spiro atoms. The number of hydrogen-bond acceptors (Lipinski definition) is 3. The fraction of sp³-hybridized carbons (Fsp3) is 0.391. The van der Waals surface area contributed by atoms with E-state index in [0.29, 0.717) is 23.6 Å². The molecule has 0 aliphatic carbocycles. The standard InChI is InChI=1S/C23H29N3O2/c1-2-12-26-13-6-7-17(16-26)15-25-23(28)19-9-5-8-18(14-19)20-10-3-4-11-21(20)22(24)27/h3-5,8-11,14,17H,2,6-7,12-13,15-16H2,1H3,(H2,24,27)(H,25,28). The average molecular weight is 380 g/mol. The van der Waals surface area contributed by atoms with Crippen molar-refractivity contribution in [1.29, 1.82) is 0 Å². The van der Waals surface area contributed by atoms with Crippen LogP contribution in [0.5, 0.6) is 0 Å². The molecule has 28 heavy (non-hydrogen) atoms. The number of benzene rings is 2. The Bertz CT molecular complexity index is 832. The lowest BCUT2D eigenvalue weighted by Gasteiger charge is -2.32. The van der Waals surface area contributed by atoms with Crippen LogP contribution in [-0.4, -0.2) is 42.9 Å². The van der Waals surface area contributed by atoms with E-state index in [1.807, 2.05) is 30.3 Å². The van der Waals surface area contributed by atoms with Gasteiger partial charge in [-0.25, -0.2) is 0 Å². The summed E-state index contributed by atoms with van der Waals surface area (Å²) in [5.41, 5.74) is 8.10. The van der Waals surface area contributed by atoms with E-state index < -0.39 is 5.91 Å². The normalized spacial score (nSPS) is 17.2. The highest BCUT2D eigenvalue weighted by molar-refractivity contribution is 6.01. The Kier molecular flexibility index (Phi) is 6.82. The van der Waals surface area contributed by atoms with E-state index in [1.165, 1.54) is 19.4 Å². The number of likely N-dealkylation sites (tertiary alicyclic amines) is 1. The molecular weight excluding hydrogens is 350 g/mol. The minimum atomic E-state index is -0.473. The zero-order valence-corrected chi connectivity index (χ0v) is 16.5. The van der Waals surface area contributed by atoms with Gasteiger partial charge in [-0.3, -0.25) is 9.59 Å². The third kappa shape index (κ3) is 4.98. The maximum atomic E-state index is 12.7. The predicted octanol–water partition coefficient (Wildman–Crippen LogP) is 3.30. The first-order chi connectivity index (χ1) is 13.6. The zero-order valence-electron chi connectivity index (χ0n) is 16.5. The number of amides is 2. The Morgan fingerprint density at radius 2 is 2.00 bits per heavy atom. The van der Waals surface area contributed by atoms with Crippen LogP contribution >= 0.6 is 0 Å². The number of nitrogens with two attached hydrogens (primary N) is 1. The number of nitrogens with one attached hydrogen (secondary N) is 1. The van der Waals surface area contributed by atoms with E-state index in [2.05, 4.69) is 17.1 Å². The van der Waals surface area contributed by atoms with Crippen molar-refractivity contribution in [3.63, 3.8) is 0 Å². The lowest BCUT2D eigenvalue weighted by molar-refractivity contribution is 0.0931. The Labute approximate surface area is 166 Å². The maximum absolute atomic E-state index is 12.7. The molecular formula is C23H29N3O2. The molecule has 1 heterocycles. The van der Waals surface area contributed by atoms with Crippen LogP contribution in [0.1, 0.15) is 46.9 Å². The quantitative estimate of drug-likeness (QED) is 0.775. The maximum Gasteiger partial charge on any atom is 0.251 e. The minimum Gasteiger partial charge on any atom is -0.366 e. The van der Waals surface area contributed by atoms with Gasteiger partial charge in [0.2, 0.25) is 5.91 Å². The molecule has 2 aromatic carbocycles. The Balaban J connectivity index is 1.67. The highest BCUT2D eigenvalue weighted by Crippen LogP contribution is 2.24. The van der Waals surface area contributed by atoms with Crippen LogP contribution in [0.15, 0.2) is 48.5 Å². The summed E-state index contributed by atoms with van der Waals surface area (Å²) >= 11 is 0. The molecule has 5 heteroatoms. The second-order valence-electron chi connectivity index (χ2n) is 7.51. The van der Waals surface area contributed by atoms with E-state index in [1.54, 1.807) is 18.2 Å². The van der Waals surface area contributed by atoms with Crippen molar-refractivity contribution >= 4 is 11.8 Å². The predicted molar refractivity (Wildman–Crippen MR) is 112 cm³/mol. The SMILES string of the molecule is CCCN1CCCC(CNC(=O)c2cccc(-c3ccccc3C(N)=O)c2)C1. The van der Waals surface area contributed by atoms with Gasteiger partial charge in [-0.15, -0.1) is 0 Å². The van der Waals surface area contributed by atoms with E-state index in [4.69, 9.17) is 5.73 Å². The molecule has 2 amide bonds. The number of carbonyl (C=O) groups excluding carboxylic acids is 2. The van der Waals surface area contributed by atoms with Crippen molar-refractivity contribution in [1.82, 2.24) is 10.2 Å². The Morgan fingerprint density at radius 1 is 1.18 bits per heavy atom. The van der Waals surface area contributed by atoms with Crippen LogP contribution in [-0.2, 0) is 0 Å². The lowest BCUT2D eigenvalue weighted by atomic mass is 9.96. The fourth-order valence-corrected chi connectivity index (χ4v) is 3.95. The summed E-state index contributed by atoms with van der Waals surface area (Å²) in [7, 11) is 0. The van der Waals surface area contributed by atoms with E-state index in [-0.39, 0.29) is 5.91 Å². The third-order valence-corrected chi connectivity index (χ3v) is 5.32. The topological polar surface area (TPSA) is 75.4 Å². The number of piperidine rings is 1. The monoisotopic (exact) mass is 379 g/mol. The van der Waals surface area contributed by atoms with Gasteiger partial charge in [-0.1, -0.05) is 37.3 Å². The van der Waals surface area contributed by atoms with Crippen molar-refractivity contribution in [3.8, 4) is 11.1 Å². The smallest absolute Gasteiger partial charge is 0.251 e. The van der Waals surface area contributed by atoms with Gasteiger partial charge in [-0.05, 0) is 67.6 Å². The first-order valence-corrected chi connectivity index (χ1v) is 10.1. The van der Waals surface area contributed by atoms with Gasteiger partial charge in [0, 0.05) is 24.2 Å². The number of carbonyl (C=O) groups is 2. The van der Waals surface area contributed by atoms with E-state index in [0.717, 1.165) is 30.6 Å². The van der Waals surface area contributed by atoms with Gasteiger partial charge in [0.05, 0.1) is 0 Å². The first kappa shape index (κ1) is 20.1. The molecule has 0 radical (unpaired) electrons. The zero-order chi connectivity index (χ0) is 19.9. The molecule has 1 aliphatic heterocycles. The van der Waals surface area contributed by atoms with Crippen LogP contribution in [0.25, 0.3) is 11.1 Å². The van der Waals surface area contributed by atoms with Crippen molar-refractivity contribution < 1.29 is 9.59 Å². The largest absolute Gasteiger partial charge is 0.366 e. The van der Waals surface area contributed by atoms with Gasteiger partial charge in [0.1, 0.15) is 0 Å². The van der Waals surface area contributed by atoms with Gasteiger partial charge >= 0.3 is 0 Å². The molecule has 2 aromatic rings. The third-order valence-electron chi connectivity index (χ3n) is 5.32. The van der Waals surface area contributed by atoms with Crippen LogP contribution in [0.3, 0.4) is 0 Å². The highest BCUT2D eigenvalue weighted by Gasteiger charge is 2.20. The molecule has 1 atom stereocenters. The summed E-state index contributed by atoms with van der Waals surface area (Å²) in [6, 6.07) is 14.5. The van der Waals surface area contributed by atoms with Gasteiger partial charge in [0.15, 0.2) is 0 Å². The van der Waals surface area contributed by atoms with Crippen molar-refractivity contribution in [2.45, 2.75) is 26.2 Å². The van der Waals surface area contributed by atoms with Crippen LogP contribution in [0.4, 0.5) is 0 Å². The molecule has 0 bridgehead atoms. The molecule has 1 unspecified atom stereocenters. The lowest BCUT2D eigenvalue weighted by Crippen LogP contribution is -2.41. The molecule has 5 nitrogen and oxygen atoms in total. The van der Waals surface area contributed by atoms with E-state index >= 15 is 0 Å². The number of nitrogens with zero attached hydrogens (tertiary/aromatic N) is 1. The van der Waals surface area contributed by atoms with Crippen LogP contribution in [0.2, 0.25) is 0 Å². The molecule has 0 saturated carbocycles. The summed E-state index contributed by atoms with van der Waals surface area (Å²) in [6.45, 7) is 6.25. The summed E-state index contributed by atoms with van der Waals surface area (Å²) in [6.07, 6.45) is 3.52. The molecule has 148 valence electrons. The molecule has 3 rings (SSSR count). The van der Waals surface area contributed by atoms with Crippen molar-refractivity contribution in [2.75, 3.05) is 26.2 Å².